The van der Waals surface area contributed by atoms with E-state index < -0.39 is 16.8 Å². The summed E-state index contributed by atoms with van der Waals surface area (Å²) in [4.78, 5) is 33.6. The van der Waals surface area contributed by atoms with Gasteiger partial charge in [-0.3, -0.25) is 14.9 Å². The molecule has 0 saturated heterocycles. The van der Waals surface area contributed by atoms with Crippen LogP contribution in [-0.4, -0.2) is 21.9 Å². The number of nitro benzene ring substituents is 1. The molecule has 0 aliphatic carbocycles. The second-order valence-corrected chi connectivity index (χ2v) is 5.56. The number of carboxylic acids is 1. The Morgan fingerprint density at radius 1 is 1.20 bits per heavy atom. The molecule has 2 rings (SSSR count). The van der Waals surface area contributed by atoms with Gasteiger partial charge in [0.1, 0.15) is 0 Å². The van der Waals surface area contributed by atoms with Gasteiger partial charge in [-0.05, 0) is 48.9 Å². The molecule has 128 valence electrons. The quantitative estimate of drug-likeness (QED) is 0.476. The third kappa shape index (κ3) is 4.65. The highest BCUT2D eigenvalue weighted by Gasteiger charge is 2.14. The highest BCUT2D eigenvalue weighted by Crippen LogP contribution is 2.22. The largest absolute Gasteiger partial charge is 0.478 e. The number of hydrogen-bond acceptors (Lipinski definition) is 4. The van der Waals surface area contributed by atoms with E-state index >= 15 is 0 Å². The lowest BCUT2D eigenvalue weighted by Gasteiger charge is -2.09. The minimum absolute atomic E-state index is 0.0495. The van der Waals surface area contributed by atoms with Gasteiger partial charge in [-0.2, -0.15) is 0 Å². The standard InChI is InChI=1S/C17H13ClN2O5/c1-10(8-11-2-5-13(6-3-11)20(24)25)16(21)19-15-7-4-12(18)9-14(15)17(22)23/h2-9H,1H3,(H,19,21)(H,22,23). The highest BCUT2D eigenvalue weighted by molar-refractivity contribution is 6.31. The molecule has 0 saturated carbocycles. The molecule has 0 radical (unpaired) electrons. The number of non-ortho nitro benzene ring substituents is 1. The molecule has 0 aliphatic heterocycles. The molecule has 0 spiro atoms. The number of nitrogens with zero attached hydrogens (tertiary/aromatic N) is 1. The lowest BCUT2D eigenvalue weighted by Crippen LogP contribution is -2.15. The number of amides is 1. The second-order valence-electron chi connectivity index (χ2n) is 5.13. The minimum Gasteiger partial charge on any atom is -0.478 e. The maximum Gasteiger partial charge on any atom is 0.337 e. The summed E-state index contributed by atoms with van der Waals surface area (Å²) < 4.78 is 0. The van der Waals surface area contributed by atoms with Gasteiger partial charge in [-0.15, -0.1) is 0 Å². The maximum atomic E-state index is 12.2. The third-order valence-electron chi connectivity index (χ3n) is 3.31. The van der Waals surface area contributed by atoms with Gasteiger partial charge in [-0.25, -0.2) is 4.79 Å². The van der Waals surface area contributed by atoms with Crippen LogP contribution in [0.1, 0.15) is 22.8 Å². The van der Waals surface area contributed by atoms with Crippen LogP contribution in [0.15, 0.2) is 48.0 Å². The number of aromatic carboxylic acids is 1. The summed E-state index contributed by atoms with van der Waals surface area (Å²) >= 11 is 5.77. The van der Waals surface area contributed by atoms with E-state index in [0.717, 1.165) is 0 Å². The molecule has 25 heavy (non-hydrogen) atoms. The summed E-state index contributed by atoms with van der Waals surface area (Å²) in [6.45, 7) is 1.55. The van der Waals surface area contributed by atoms with Crippen LogP contribution >= 0.6 is 11.6 Å². The Balaban J connectivity index is 2.20. The van der Waals surface area contributed by atoms with Crippen molar-refractivity contribution < 1.29 is 19.6 Å². The van der Waals surface area contributed by atoms with Gasteiger partial charge >= 0.3 is 5.97 Å². The van der Waals surface area contributed by atoms with Crippen molar-refractivity contribution in [3.63, 3.8) is 0 Å². The predicted molar refractivity (Wildman–Crippen MR) is 93.8 cm³/mol. The molecule has 0 aliphatic rings. The first-order chi connectivity index (χ1) is 11.8. The van der Waals surface area contributed by atoms with E-state index in [1.54, 1.807) is 6.92 Å². The summed E-state index contributed by atoms with van der Waals surface area (Å²) in [6.07, 6.45) is 1.54. The average Bonchev–Trinajstić information content (AvgIpc) is 2.56. The van der Waals surface area contributed by atoms with Crippen LogP contribution in [0.4, 0.5) is 11.4 Å². The Kier molecular flexibility index (Phi) is 5.51. The Morgan fingerprint density at radius 3 is 2.40 bits per heavy atom. The molecule has 2 aromatic carbocycles. The molecular formula is C17H13ClN2O5. The van der Waals surface area contributed by atoms with E-state index in [2.05, 4.69) is 5.32 Å². The lowest BCUT2D eigenvalue weighted by atomic mass is 10.1. The number of halogens is 1. The van der Waals surface area contributed by atoms with Gasteiger partial charge in [0, 0.05) is 22.7 Å². The Morgan fingerprint density at radius 2 is 1.84 bits per heavy atom. The first-order valence-corrected chi connectivity index (χ1v) is 7.42. The van der Waals surface area contributed by atoms with Crippen molar-refractivity contribution in [2.75, 3.05) is 5.32 Å². The molecular weight excluding hydrogens is 348 g/mol. The zero-order valence-electron chi connectivity index (χ0n) is 13.0. The summed E-state index contributed by atoms with van der Waals surface area (Å²) in [5.41, 5.74) is 0.863. The maximum absolute atomic E-state index is 12.2. The smallest absolute Gasteiger partial charge is 0.337 e. The number of nitrogens with one attached hydrogen (secondary N) is 1. The number of carbonyl (C=O) groups is 2. The molecule has 8 heteroatoms. The number of hydrogen-bond donors (Lipinski definition) is 2. The number of benzene rings is 2. The van der Waals surface area contributed by atoms with Gasteiger partial charge in [0.05, 0.1) is 16.2 Å². The number of rotatable bonds is 5. The van der Waals surface area contributed by atoms with Crippen molar-refractivity contribution in [2.24, 2.45) is 0 Å². The fourth-order valence-electron chi connectivity index (χ4n) is 2.03. The van der Waals surface area contributed by atoms with Crippen LogP contribution in [-0.2, 0) is 4.79 Å². The summed E-state index contributed by atoms with van der Waals surface area (Å²) in [5.74, 6) is -1.71. The predicted octanol–water partition coefficient (Wildman–Crippen LogP) is 3.99. The third-order valence-corrected chi connectivity index (χ3v) is 3.54. The van der Waals surface area contributed by atoms with E-state index in [4.69, 9.17) is 16.7 Å². The van der Waals surface area contributed by atoms with E-state index in [9.17, 15) is 19.7 Å². The number of carboxylic acid groups (broad SMARTS) is 1. The summed E-state index contributed by atoms with van der Waals surface area (Å²) in [7, 11) is 0. The van der Waals surface area contributed by atoms with Gasteiger partial charge in [0.15, 0.2) is 0 Å². The van der Waals surface area contributed by atoms with Gasteiger partial charge in [0.2, 0.25) is 0 Å². The first kappa shape index (κ1) is 18.2. The van der Waals surface area contributed by atoms with E-state index in [-0.39, 0.29) is 22.0 Å². The number of carbonyl (C=O) groups excluding carboxylic acids is 1. The van der Waals surface area contributed by atoms with Crippen molar-refractivity contribution in [1.82, 2.24) is 0 Å². The minimum atomic E-state index is -1.21. The molecule has 2 N–H and O–H groups in total. The molecule has 0 bridgehead atoms. The molecule has 0 aromatic heterocycles. The second kappa shape index (κ2) is 7.59. The molecule has 7 nitrogen and oxygen atoms in total. The monoisotopic (exact) mass is 360 g/mol. The summed E-state index contributed by atoms with van der Waals surface area (Å²) in [6, 6.07) is 9.81. The number of anilines is 1. The van der Waals surface area contributed by atoms with Crippen molar-refractivity contribution in [1.29, 1.82) is 0 Å². The van der Waals surface area contributed by atoms with Crippen molar-refractivity contribution >= 4 is 40.9 Å². The van der Waals surface area contributed by atoms with Crippen LogP contribution in [0.2, 0.25) is 5.02 Å². The van der Waals surface area contributed by atoms with E-state index in [0.29, 0.717) is 11.1 Å². The topological polar surface area (TPSA) is 110 Å². The summed E-state index contributed by atoms with van der Waals surface area (Å²) in [5, 5.41) is 22.6. The molecule has 0 heterocycles. The fourth-order valence-corrected chi connectivity index (χ4v) is 2.20. The lowest BCUT2D eigenvalue weighted by molar-refractivity contribution is -0.384. The van der Waals surface area contributed by atoms with Crippen LogP contribution < -0.4 is 5.32 Å². The molecule has 1 amide bonds. The van der Waals surface area contributed by atoms with Crippen molar-refractivity contribution in [3.8, 4) is 0 Å². The van der Waals surface area contributed by atoms with Crippen LogP contribution in [0.3, 0.4) is 0 Å². The Hall–Kier alpha value is -3.19. The van der Waals surface area contributed by atoms with Gasteiger partial charge in [0.25, 0.3) is 11.6 Å². The highest BCUT2D eigenvalue weighted by atomic mass is 35.5. The Bertz CT molecular complexity index is 875. The average molecular weight is 361 g/mol. The zero-order valence-corrected chi connectivity index (χ0v) is 13.8. The van der Waals surface area contributed by atoms with Crippen LogP contribution in [0, 0.1) is 10.1 Å². The normalized spacial score (nSPS) is 11.0. The molecule has 0 fully saturated rings. The van der Waals surface area contributed by atoms with E-state index in [1.807, 2.05) is 0 Å². The van der Waals surface area contributed by atoms with Crippen LogP contribution in [0.25, 0.3) is 6.08 Å². The van der Waals surface area contributed by atoms with Crippen molar-refractivity contribution in [2.45, 2.75) is 6.92 Å². The van der Waals surface area contributed by atoms with Crippen molar-refractivity contribution in [3.05, 3.63) is 74.3 Å². The molecule has 0 unspecified atom stereocenters. The SMILES string of the molecule is CC(=Cc1ccc([N+](=O)[O-])cc1)C(=O)Nc1ccc(Cl)cc1C(=O)O. The molecule has 2 aromatic rings. The Labute approximate surface area is 147 Å². The fraction of sp³-hybridized carbons (Fsp3) is 0.0588. The number of nitro groups is 1. The van der Waals surface area contributed by atoms with Crippen LogP contribution in [0.5, 0.6) is 0 Å². The zero-order chi connectivity index (χ0) is 18.6. The molecule has 0 atom stereocenters. The van der Waals surface area contributed by atoms with E-state index in [1.165, 1.54) is 48.5 Å². The first-order valence-electron chi connectivity index (χ1n) is 7.05. The van der Waals surface area contributed by atoms with Gasteiger partial charge < -0.3 is 10.4 Å². The van der Waals surface area contributed by atoms with Gasteiger partial charge in [-0.1, -0.05) is 11.6 Å².